The van der Waals surface area contributed by atoms with Crippen LogP contribution in [-0.2, 0) is 0 Å². The first-order valence-electron chi connectivity index (χ1n) is 9.89. The van der Waals surface area contributed by atoms with Gasteiger partial charge in [-0.05, 0) is 51.3 Å². The fraction of sp³-hybridized carbons (Fsp3) is 0.632. The largest absolute Gasteiger partial charge is 0.351 e. The second-order valence-electron chi connectivity index (χ2n) is 8.44. The number of likely N-dealkylation sites (N-methyl/N-ethyl adjacent to an activating group) is 1. The van der Waals surface area contributed by atoms with Crippen molar-refractivity contribution in [2.24, 2.45) is 5.92 Å². The lowest BCUT2D eigenvalue weighted by atomic mass is 10.1. The zero-order valence-corrected chi connectivity index (χ0v) is 15.8. The molecule has 1 saturated carbocycles. The molecule has 5 rings (SSSR count). The quantitative estimate of drug-likeness (QED) is 0.632. The van der Waals surface area contributed by atoms with E-state index in [1.165, 1.54) is 25.0 Å². The molecular weight excluding hydrogens is 347 g/mol. The Morgan fingerprint density at radius 3 is 2.89 bits per heavy atom. The number of rotatable bonds is 4. The van der Waals surface area contributed by atoms with Crippen molar-refractivity contribution >= 4 is 17.3 Å². The molecule has 0 aromatic heterocycles. The zero-order valence-electron chi connectivity index (χ0n) is 15.8. The molecule has 8 heteroatoms. The number of carbonyl (C=O) groups excluding carboxylic acids is 1. The third-order valence-electron chi connectivity index (χ3n) is 6.29. The normalized spacial score (nSPS) is 32.3. The maximum atomic E-state index is 14.1. The minimum atomic E-state index is -0.391. The van der Waals surface area contributed by atoms with Crippen molar-refractivity contribution in [3.8, 4) is 0 Å². The summed E-state index contributed by atoms with van der Waals surface area (Å²) >= 11 is 0. The molecule has 4 aliphatic rings. The van der Waals surface area contributed by atoms with Crippen LogP contribution in [0.1, 0.15) is 36.5 Å². The van der Waals surface area contributed by atoms with Crippen LogP contribution in [0.25, 0.3) is 0 Å². The van der Waals surface area contributed by atoms with Gasteiger partial charge in [0.05, 0.1) is 16.9 Å². The van der Waals surface area contributed by atoms with E-state index in [1.807, 2.05) is 0 Å². The molecule has 0 bridgehead atoms. The summed E-state index contributed by atoms with van der Waals surface area (Å²) in [6.07, 6.45) is 3.69. The van der Waals surface area contributed by atoms with E-state index in [2.05, 4.69) is 45.3 Å². The van der Waals surface area contributed by atoms with Gasteiger partial charge in [0, 0.05) is 31.2 Å². The predicted octanol–water partition coefficient (Wildman–Crippen LogP) is 1.05. The number of nitrogens with zero attached hydrogens (tertiary/aromatic N) is 2. The van der Waals surface area contributed by atoms with E-state index in [1.54, 1.807) is 0 Å². The maximum Gasteiger partial charge on any atom is 0.253 e. The Hall–Kier alpha value is -1.90. The second-order valence-corrected chi connectivity index (χ2v) is 8.44. The molecule has 0 radical (unpaired) electrons. The fourth-order valence-corrected chi connectivity index (χ4v) is 4.74. The number of benzene rings is 1. The van der Waals surface area contributed by atoms with E-state index in [9.17, 15) is 9.18 Å². The minimum absolute atomic E-state index is 0.106. The van der Waals surface area contributed by atoms with E-state index < -0.39 is 5.82 Å². The molecule has 1 amide bonds. The number of hydrazine groups is 1. The summed E-state index contributed by atoms with van der Waals surface area (Å²) in [5, 5.41) is 6.35. The first kappa shape index (κ1) is 17.2. The number of carbonyl (C=O) groups is 1. The molecule has 146 valence electrons. The Bertz CT molecular complexity index is 769. The van der Waals surface area contributed by atoms with Gasteiger partial charge in [-0.25, -0.2) is 4.39 Å². The molecule has 0 spiro atoms. The maximum absolute atomic E-state index is 14.1. The highest BCUT2D eigenvalue weighted by atomic mass is 19.1. The Morgan fingerprint density at radius 2 is 2.11 bits per heavy atom. The molecule has 1 aromatic rings. The number of amides is 1. The Kier molecular flexibility index (Phi) is 4.03. The summed E-state index contributed by atoms with van der Waals surface area (Å²) in [7, 11) is 2.08. The van der Waals surface area contributed by atoms with Crippen LogP contribution in [0.4, 0.5) is 15.8 Å². The molecule has 3 heterocycles. The van der Waals surface area contributed by atoms with Crippen LogP contribution in [0.15, 0.2) is 12.1 Å². The molecule has 2 fully saturated rings. The SMILES string of the molecule is C[C@H]1CNC(=O)c2cc(F)cc3c2N1C(N(C)CC1CC(C2CC2)NN1)N3. The van der Waals surface area contributed by atoms with E-state index in [-0.39, 0.29) is 18.2 Å². The van der Waals surface area contributed by atoms with Gasteiger partial charge in [0.25, 0.3) is 5.91 Å². The first-order chi connectivity index (χ1) is 13.0. The van der Waals surface area contributed by atoms with E-state index in [4.69, 9.17) is 0 Å². The molecule has 3 aliphatic heterocycles. The Labute approximate surface area is 158 Å². The average Bonchev–Trinajstić information content (AvgIpc) is 3.29. The van der Waals surface area contributed by atoms with Crippen molar-refractivity contribution < 1.29 is 9.18 Å². The highest BCUT2D eigenvalue weighted by Gasteiger charge is 2.42. The first-order valence-corrected chi connectivity index (χ1v) is 9.89. The molecule has 1 aliphatic carbocycles. The number of hydrogen-bond acceptors (Lipinski definition) is 6. The Balaban J connectivity index is 1.38. The van der Waals surface area contributed by atoms with Crippen LogP contribution in [0.3, 0.4) is 0 Å². The van der Waals surface area contributed by atoms with Crippen molar-refractivity contribution in [2.75, 3.05) is 30.4 Å². The smallest absolute Gasteiger partial charge is 0.253 e. The van der Waals surface area contributed by atoms with Crippen molar-refractivity contribution in [1.82, 2.24) is 21.1 Å². The minimum Gasteiger partial charge on any atom is -0.351 e. The van der Waals surface area contributed by atoms with Gasteiger partial charge in [-0.3, -0.25) is 20.5 Å². The van der Waals surface area contributed by atoms with Crippen LogP contribution in [-0.4, -0.2) is 55.4 Å². The van der Waals surface area contributed by atoms with E-state index in [0.29, 0.717) is 29.9 Å². The lowest BCUT2D eigenvalue weighted by Crippen LogP contribution is -2.55. The molecule has 4 atom stereocenters. The molecule has 3 unspecified atom stereocenters. The van der Waals surface area contributed by atoms with Gasteiger partial charge < -0.3 is 15.5 Å². The van der Waals surface area contributed by atoms with Crippen molar-refractivity contribution in [2.45, 2.75) is 50.6 Å². The highest BCUT2D eigenvalue weighted by molar-refractivity contribution is 6.04. The third-order valence-corrected chi connectivity index (χ3v) is 6.29. The molecule has 7 nitrogen and oxygen atoms in total. The summed E-state index contributed by atoms with van der Waals surface area (Å²) in [4.78, 5) is 16.9. The monoisotopic (exact) mass is 374 g/mol. The number of halogens is 1. The van der Waals surface area contributed by atoms with Gasteiger partial charge >= 0.3 is 0 Å². The number of anilines is 2. The molecule has 4 N–H and O–H groups in total. The van der Waals surface area contributed by atoms with E-state index in [0.717, 1.165) is 24.6 Å². The summed E-state index contributed by atoms with van der Waals surface area (Å²) in [5.41, 5.74) is 8.79. The Morgan fingerprint density at radius 1 is 1.30 bits per heavy atom. The summed E-state index contributed by atoms with van der Waals surface area (Å²) < 4.78 is 14.1. The van der Waals surface area contributed by atoms with Crippen molar-refractivity contribution in [1.29, 1.82) is 0 Å². The van der Waals surface area contributed by atoms with Crippen LogP contribution in [0.2, 0.25) is 0 Å². The average molecular weight is 374 g/mol. The second kappa shape index (κ2) is 6.32. The highest BCUT2D eigenvalue weighted by Crippen LogP contribution is 2.42. The van der Waals surface area contributed by atoms with Gasteiger partial charge in [0.1, 0.15) is 5.82 Å². The molecule has 27 heavy (non-hydrogen) atoms. The summed E-state index contributed by atoms with van der Waals surface area (Å²) in [6, 6.07) is 3.90. The lowest BCUT2D eigenvalue weighted by molar-refractivity contribution is 0.0955. The van der Waals surface area contributed by atoms with Gasteiger partial charge in [-0.2, -0.15) is 0 Å². The molecule has 1 saturated heterocycles. The zero-order chi connectivity index (χ0) is 18.7. The van der Waals surface area contributed by atoms with Gasteiger partial charge in [0.15, 0.2) is 6.29 Å². The third kappa shape index (κ3) is 2.96. The number of nitrogens with one attached hydrogen (secondary N) is 4. The van der Waals surface area contributed by atoms with Crippen LogP contribution >= 0.6 is 0 Å². The lowest BCUT2D eigenvalue weighted by Gasteiger charge is -2.37. The molecule has 1 aromatic carbocycles. The van der Waals surface area contributed by atoms with Gasteiger partial charge in [0.2, 0.25) is 0 Å². The van der Waals surface area contributed by atoms with Crippen LogP contribution in [0.5, 0.6) is 0 Å². The van der Waals surface area contributed by atoms with Crippen LogP contribution in [0, 0.1) is 11.7 Å². The topological polar surface area (TPSA) is 71.7 Å². The predicted molar refractivity (Wildman–Crippen MR) is 102 cm³/mol. The summed E-state index contributed by atoms with van der Waals surface area (Å²) in [6.45, 7) is 3.49. The number of hydrogen-bond donors (Lipinski definition) is 4. The van der Waals surface area contributed by atoms with Crippen molar-refractivity contribution in [3.63, 3.8) is 0 Å². The van der Waals surface area contributed by atoms with Crippen LogP contribution < -0.4 is 26.4 Å². The van der Waals surface area contributed by atoms with Crippen molar-refractivity contribution in [3.05, 3.63) is 23.5 Å². The van der Waals surface area contributed by atoms with E-state index >= 15 is 0 Å². The fourth-order valence-electron chi connectivity index (χ4n) is 4.74. The standard InChI is InChI=1S/C19H27FN6O/c1-10-8-21-18(27)14-5-12(20)6-16-17(14)26(10)19(22-16)25(2)9-13-7-15(24-23-13)11-3-4-11/h5-6,10-11,13,15,19,22-24H,3-4,7-9H2,1-2H3,(H,21,27)/t10-,13?,15?,19?/m0/s1. The van der Waals surface area contributed by atoms with Gasteiger partial charge in [-0.1, -0.05) is 0 Å². The van der Waals surface area contributed by atoms with Gasteiger partial charge in [-0.15, -0.1) is 0 Å². The molecular formula is C19H27FN6O. The summed E-state index contributed by atoms with van der Waals surface area (Å²) in [5.74, 6) is 0.229.